The zero-order valence-corrected chi connectivity index (χ0v) is 26.1. The van der Waals surface area contributed by atoms with E-state index in [-0.39, 0.29) is 11.1 Å². The van der Waals surface area contributed by atoms with Crippen molar-refractivity contribution in [3.8, 4) is 6.07 Å². The molecule has 1 aliphatic rings. The number of hydrogen-bond acceptors (Lipinski definition) is 3. The first-order chi connectivity index (χ1) is 21.5. The van der Waals surface area contributed by atoms with Gasteiger partial charge in [-0.25, -0.2) is 4.79 Å². The largest absolute Gasteiger partial charge is 0.465 e. The molecule has 5 rings (SSSR count). The maximum Gasteiger partial charge on any atom is 0.408 e. The van der Waals surface area contributed by atoms with Crippen molar-refractivity contribution in [1.82, 2.24) is 4.90 Å². The number of nitrogens with zero attached hydrogens (tertiary/aromatic N) is 2. The summed E-state index contributed by atoms with van der Waals surface area (Å²) in [6.45, 7) is -0.957. The van der Waals surface area contributed by atoms with Crippen molar-refractivity contribution in [1.29, 1.82) is 5.26 Å². The van der Waals surface area contributed by atoms with Crippen LogP contribution in [0.5, 0.6) is 0 Å². The minimum Gasteiger partial charge on any atom is -0.465 e. The lowest BCUT2D eigenvalue weighted by atomic mass is 9.70. The Morgan fingerprint density at radius 2 is 1.27 bits per heavy atom. The van der Waals surface area contributed by atoms with E-state index in [9.17, 15) is 15.2 Å². The molecule has 0 aliphatic heterocycles. The van der Waals surface area contributed by atoms with E-state index in [1.54, 1.807) is 0 Å². The number of benzene rings is 4. The summed E-state index contributed by atoms with van der Waals surface area (Å²) in [5, 5.41) is 24.8. The summed E-state index contributed by atoms with van der Waals surface area (Å²) in [6.07, 6.45) is 3.54. The van der Waals surface area contributed by atoms with E-state index >= 15 is 4.79 Å². The zero-order chi connectivity index (χ0) is 31.0. The van der Waals surface area contributed by atoms with Gasteiger partial charge in [0.15, 0.2) is 5.78 Å². The third-order valence-corrected chi connectivity index (χ3v) is 13.1. The molecule has 1 fully saturated rings. The number of amides is 1. The summed E-state index contributed by atoms with van der Waals surface area (Å²) < 4.78 is 0. The molecule has 0 bridgehead atoms. The number of carbonyl (C=O) groups excluding carboxylic acids is 1. The van der Waals surface area contributed by atoms with Gasteiger partial charge in [-0.3, -0.25) is 9.69 Å². The smallest absolute Gasteiger partial charge is 0.408 e. The second kappa shape index (κ2) is 13.9. The van der Waals surface area contributed by atoms with Crippen molar-refractivity contribution in [3.63, 3.8) is 0 Å². The van der Waals surface area contributed by atoms with Crippen LogP contribution in [-0.4, -0.2) is 38.8 Å². The number of nitriles is 1. The van der Waals surface area contributed by atoms with Crippen molar-refractivity contribution in [2.24, 2.45) is 0 Å². The van der Waals surface area contributed by atoms with Gasteiger partial charge >= 0.3 is 6.09 Å². The van der Waals surface area contributed by atoms with E-state index in [4.69, 9.17) is 0 Å². The molecule has 1 N–H and O–H groups in total. The van der Waals surface area contributed by atoms with Crippen LogP contribution in [0.1, 0.15) is 51.0 Å². The van der Waals surface area contributed by atoms with Crippen LogP contribution in [0.3, 0.4) is 0 Å². The maximum absolute atomic E-state index is 15.2. The number of Topliss-reactive ketones (excluding diaryl/α,β-unsaturated/α-hetero) is 1. The lowest BCUT2D eigenvalue weighted by Gasteiger charge is -2.52. The van der Waals surface area contributed by atoms with Crippen LogP contribution in [0.25, 0.3) is 0 Å². The maximum atomic E-state index is 15.2. The standard InChI is InChI=1S/C38H39N2O3P/c1-2-3-25-34(40(37(42)43)38(26-16-27-38)28-30-17-8-4-9-18-30)36(41)35(29-39)44(31-19-10-5-11-20-31,32-21-12-6-13-22-32)33-23-14-7-15-24-33/h4-15,17-24,34H,2-3,16,25-28H2,1H3,(H,42,43)/t34-/m0/s1. The molecule has 44 heavy (non-hydrogen) atoms. The first-order valence-electron chi connectivity index (χ1n) is 15.4. The highest BCUT2D eigenvalue weighted by Gasteiger charge is 2.50. The molecule has 0 heterocycles. The molecule has 5 nitrogen and oxygen atoms in total. The van der Waals surface area contributed by atoms with Gasteiger partial charge in [0.05, 0.1) is 11.6 Å². The van der Waals surface area contributed by atoms with E-state index < -0.39 is 24.6 Å². The normalized spacial score (nSPS) is 14.5. The van der Waals surface area contributed by atoms with Crippen LogP contribution in [0.2, 0.25) is 0 Å². The number of carbonyl (C=O) groups is 2. The van der Waals surface area contributed by atoms with Gasteiger partial charge in [-0.2, -0.15) is 5.26 Å². The first kappa shape index (κ1) is 31.0. The van der Waals surface area contributed by atoms with Crippen LogP contribution in [0, 0.1) is 11.3 Å². The Bertz CT molecular complexity index is 1560. The van der Waals surface area contributed by atoms with E-state index in [0.29, 0.717) is 32.1 Å². The highest BCUT2D eigenvalue weighted by Crippen LogP contribution is 2.48. The van der Waals surface area contributed by atoms with Crippen LogP contribution in [-0.2, 0) is 11.2 Å². The monoisotopic (exact) mass is 602 g/mol. The number of carboxylic acid groups (broad SMARTS) is 1. The van der Waals surface area contributed by atoms with Gasteiger partial charge in [0.1, 0.15) is 11.4 Å². The molecule has 0 spiro atoms. The van der Waals surface area contributed by atoms with E-state index in [1.165, 1.54) is 4.90 Å². The fourth-order valence-electron chi connectivity index (χ4n) is 6.75. The quantitative estimate of drug-likeness (QED) is 0.178. The molecule has 1 atom stereocenters. The van der Waals surface area contributed by atoms with Gasteiger partial charge in [-0.15, -0.1) is 0 Å². The van der Waals surface area contributed by atoms with Gasteiger partial charge < -0.3 is 5.11 Å². The lowest BCUT2D eigenvalue weighted by Crippen LogP contribution is -2.63. The topological polar surface area (TPSA) is 81.4 Å². The van der Waals surface area contributed by atoms with Crippen LogP contribution in [0.4, 0.5) is 4.79 Å². The molecule has 224 valence electrons. The molecule has 1 amide bonds. The van der Waals surface area contributed by atoms with Gasteiger partial charge in [-0.05, 0) is 60.5 Å². The van der Waals surface area contributed by atoms with Crippen molar-refractivity contribution >= 4 is 40.0 Å². The fourth-order valence-corrected chi connectivity index (χ4v) is 10.9. The van der Waals surface area contributed by atoms with Crippen LogP contribution >= 0.6 is 6.89 Å². The van der Waals surface area contributed by atoms with Crippen molar-refractivity contribution in [2.75, 3.05) is 0 Å². The Morgan fingerprint density at radius 1 is 0.818 bits per heavy atom. The Kier molecular flexibility index (Phi) is 9.83. The Morgan fingerprint density at radius 3 is 1.64 bits per heavy atom. The zero-order valence-electron chi connectivity index (χ0n) is 25.2. The second-order valence-corrected chi connectivity index (χ2v) is 14.9. The number of rotatable bonds is 12. The SMILES string of the molecule is CCCC[C@@H](C(=O)C(C#N)=P(c1ccccc1)(c1ccccc1)c1ccccc1)N(C(=O)O)C1(Cc2ccccc2)CCC1. The summed E-state index contributed by atoms with van der Waals surface area (Å²) in [5.41, 5.74) is 0.346. The summed E-state index contributed by atoms with van der Waals surface area (Å²) in [5.74, 6) is -0.382. The summed E-state index contributed by atoms with van der Waals surface area (Å²) in [6, 6.07) is 40.8. The lowest BCUT2D eigenvalue weighted by molar-refractivity contribution is -0.121. The van der Waals surface area contributed by atoms with E-state index in [0.717, 1.165) is 34.3 Å². The minimum absolute atomic E-state index is 0.141. The molecule has 6 heteroatoms. The van der Waals surface area contributed by atoms with Crippen LogP contribution < -0.4 is 15.9 Å². The van der Waals surface area contributed by atoms with E-state index in [1.807, 2.05) is 128 Å². The Balaban J connectivity index is 1.79. The van der Waals surface area contributed by atoms with Gasteiger partial charge in [0.2, 0.25) is 0 Å². The Labute approximate surface area is 260 Å². The van der Waals surface area contributed by atoms with E-state index in [2.05, 4.69) is 6.07 Å². The second-order valence-electron chi connectivity index (χ2n) is 11.6. The minimum atomic E-state index is -3.00. The molecule has 1 saturated carbocycles. The van der Waals surface area contributed by atoms with Gasteiger partial charge in [0, 0.05) is 0 Å². The van der Waals surface area contributed by atoms with Crippen LogP contribution in [0.15, 0.2) is 121 Å². The van der Waals surface area contributed by atoms with Gasteiger partial charge in [-0.1, -0.05) is 141 Å². The molecular weight excluding hydrogens is 563 g/mol. The predicted molar refractivity (Wildman–Crippen MR) is 181 cm³/mol. The summed E-state index contributed by atoms with van der Waals surface area (Å²) in [4.78, 5) is 29.9. The molecule has 4 aromatic rings. The number of ketones is 1. The van der Waals surface area contributed by atoms with Crippen molar-refractivity contribution in [3.05, 3.63) is 127 Å². The third kappa shape index (κ3) is 5.88. The van der Waals surface area contributed by atoms with Crippen molar-refractivity contribution in [2.45, 2.75) is 63.5 Å². The molecular formula is C38H39N2O3P. The predicted octanol–water partition coefficient (Wildman–Crippen LogP) is 6.95. The number of unbranched alkanes of at least 4 members (excludes halogenated alkanes) is 1. The average Bonchev–Trinajstić information content (AvgIpc) is 3.05. The van der Waals surface area contributed by atoms with Crippen molar-refractivity contribution < 1.29 is 14.7 Å². The summed E-state index contributed by atoms with van der Waals surface area (Å²) in [7, 11) is 0. The molecule has 1 aliphatic carbocycles. The molecule has 0 unspecified atom stereocenters. The highest BCUT2D eigenvalue weighted by atomic mass is 31.2. The Hall–Kier alpha value is -4.39. The van der Waals surface area contributed by atoms with Gasteiger partial charge in [0.25, 0.3) is 0 Å². The molecule has 0 aromatic heterocycles. The average molecular weight is 603 g/mol. The first-order valence-corrected chi connectivity index (χ1v) is 17.2. The number of hydrogen-bond donors (Lipinski definition) is 1. The fraction of sp³-hybridized carbons (Fsp3) is 0.263. The summed E-state index contributed by atoms with van der Waals surface area (Å²) >= 11 is 0. The third-order valence-electron chi connectivity index (χ3n) is 8.93. The molecule has 0 radical (unpaired) electrons. The molecule has 4 aromatic carbocycles. The highest BCUT2D eigenvalue weighted by molar-refractivity contribution is 7.97. The molecule has 0 saturated heterocycles.